The van der Waals surface area contributed by atoms with Crippen molar-refractivity contribution in [1.29, 1.82) is 0 Å². The SMILES string of the molecule is C[n+]1c2ccccc2c(C=NN(c2ccccc2)c2ccccc2)c2ccccc21. The molecule has 3 heteroatoms. The highest BCUT2D eigenvalue weighted by Crippen LogP contribution is 2.27. The molecule has 0 aliphatic rings. The van der Waals surface area contributed by atoms with E-state index in [4.69, 9.17) is 5.10 Å². The van der Waals surface area contributed by atoms with Gasteiger partial charge in [0.25, 0.3) is 0 Å². The standard InChI is InChI=1S/C27H22N3/c1-29-26-18-10-8-16-23(26)25(24-17-9-11-19-27(24)29)20-28-30(21-12-4-2-5-13-21)22-14-6-3-7-15-22/h2-20H,1H3/q+1. The van der Waals surface area contributed by atoms with E-state index in [1.807, 2.05) is 47.6 Å². The minimum absolute atomic E-state index is 1.02. The van der Waals surface area contributed by atoms with Gasteiger partial charge in [0, 0.05) is 17.7 Å². The third-order valence-electron chi connectivity index (χ3n) is 5.41. The number of fused-ring (bicyclic) bond motifs is 2. The van der Waals surface area contributed by atoms with Gasteiger partial charge in [0.15, 0.2) is 0 Å². The van der Waals surface area contributed by atoms with Crippen LogP contribution in [0.1, 0.15) is 5.56 Å². The summed E-state index contributed by atoms with van der Waals surface area (Å²) in [4.78, 5) is 0. The van der Waals surface area contributed by atoms with Crippen molar-refractivity contribution in [2.75, 3.05) is 5.01 Å². The molecule has 4 aromatic carbocycles. The molecule has 0 N–H and O–H groups in total. The second-order valence-electron chi connectivity index (χ2n) is 7.23. The summed E-state index contributed by atoms with van der Waals surface area (Å²) in [5.41, 5.74) is 5.54. The zero-order chi connectivity index (χ0) is 20.3. The van der Waals surface area contributed by atoms with Crippen molar-refractivity contribution in [1.82, 2.24) is 0 Å². The third-order valence-corrected chi connectivity index (χ3v) is 5.41. The molecular weight excluding hydrogens is 366 g/mol. The minimum atomic E-state index is 1.02. The number of nitrogens with zero attached hydrogens (tertiary/aromatic N) is 3. The number of rotatable bonds is 4. The largest absolute Gasteiger partial charge is 0.234 e. The van der Waals surface area contributed by atoms with E-state index < -0.39 is 0 Å². The topological polar surface area (TPSA) is 19.5 Å². The lowest BCUT2D eigenvalue weighted by molar-refractivity contribution is -0.617. The molecule has 0 fully saturated rings. The van der Waals surface area contributed by atoms with Gasteiger partial charge in [0.1, 0.15) is 7.05 Å². The summed E-state index contributed by atoms with van der Waals surface area (Å²) in [6, 6.07) is 37.5. The van der Waals surface area contributed by atoms with Gasteiger partial charge < -0.3 is 0 Å². The van der Waals surface area contributed by atoms with Gasteiger partial charge in [0.2, 0.25) is 11.0 Å². The Morgan fingerprint density at radius 3 is 1.53 bits per heavy atom. The number of anilines is 2. The second-order valence-corrected chi connectivity index (χ2v) is 7.23. The summed E-state index contributed by atoms with van der Waals surface area (Å²) < 4.78 is 2.24. The number of para-hydroxylation sites is 4. The van der Waals surface area contributed by atoms with Gasteiger partial charge in [-0.25, -0.2) is 5.01 Å². The first kappa shape index (κ1) is 18.1. The molecule has 3 nitrogen and oxygen atoms in total. The van der Waals surface area contributed by atoms with Gasteiger partial charge >= 0.3 is 0 Å². The van der Waals surface area contributed by atoms with E-state index in [1.54, 1.807) is 0 Å². The smallest absolute Gasteiger partial charge is 0.213 e. The molecule has 0 aliphatic carbocycles. The van der Waals surface area contributed by atoms with Crippen LogP contribution in [0.4, 0.5) is 11.4 Å². The average molecular weight is 388 g/mol. The zero-order valence-electron chi connectivity index (χ0n) is 16.8. The monoisotopic (exact) mass is 388 g/mol. The van der Waals surface area contributed by atoms with E-state index in [9.17, 15) is 0 Å². The maximum atomic E-state index is 4.96. The van der Waals surface area contributed by atoms with Crippen LogP contribution in [-0.4, -0.2) is 6.21 Å². The quantitative estimate of drug-likeness (QED) is 0.160. The van der Waals surface area contributed by atoms with Crippen molar-refractivity contribution in [3.05, 3.63) is 115 Å². The Labute approximate surface area is 176 Å². The molecule has 5 rings (SSSR count). The highest BCUT2D eigenvalue weighted by Gasteiger charge is 2.16. The summed E-state index contributed by atoms with van der Waals surface area (Å²) in [6.07, 6.45) is 1.99. The summed E-state index contributed by atoms with van der Waals surface area (Å²) in [5, 5.41) is 9.31. The summed E-state index contributed by atoms with van der Waals surface area (Å²) >= 11 is 0. The maximum absolute atomic E-state index is 4.96. The number of pyridine rings is 1. The average Bonchev–Trinajstić information content (AvgIpc) is 2.82. The Morgan fingerprint density at radius 2 is 1.03 bits per heavy atom. The summed E-state index contributed by atoms with van der Waals surface area (Å²) in [7, 11) is 2.12. The molecule has 144 valence electrons. The van der Waals surface area contributed by atoms with Crippen molar-refractivity contribution >= 4 is 39.4 Å². The minimum Gasteiger partial charge on any atom is -0.234 e. The maximum Gasteiger partial charge on any atom is 0.213 e. The molecule has 0 amide bonds. The molecule has 0 unspecified atom stereocenters. The van der Waals surface area contributed by atoms with Gasteiger partial charge in [-0.05, 0) is 36.4 Å². The van der Waals surface area contributed by atoms with E-state index in [0.29, 0.717) is 0 Å². The number of benzene rings is 4. The fraction of sp³-hybridized carbons (Fsp3) is 0.0370. The Hall–Kier alpha value is -3.98. The number of hydrazone groups is 1. The van der Waals surface area contributed by atoms with Gasteiger partial charge in [-0.3, -0.25) is 0 Å². The molecule has 0 radical (unpaired) electrons. The first-order chi connectivity index (χ1) is 14.8. The lowest BCUT2D eigenvalue weighted by Gasteiger charge is -2.19. The van der Waals surface area contributed by atoms with Crippen LogP contribution in [0.5, 0.6) is 0 Å². The molecule has 5 aromatic rings. The Bertz CT molecular complexity index is 1250. The van der Waals surface area contributed by atoms with Crippen LogP contribution in [0.25, 0.3) is 21.8 Å². The summed E-state index contributed by atoms with van der Waals surface area (Å²) in [5.74, 6) is 0. The fourth-order valence-corrected chi connectivity index (χ4v) is 3.94. The van der Waals surface area contributed by atoms with Crippen LogP contribution in [0, 0.1) is 0 Å². The van der Waals surface area contributed by atoms with Crippen LogP contribution in [0.15, 0.2) is 114 Å². The number of aromatic nitrogens is 1. The number of hydrogen-bond acceptors (Lipinski definition) is 2. The molecule has 0 spiro atoms. The molecule has 30 heavy (non-hydrogen) atoms. The Kier molecular flexibility index (Phi) is 4.70. The van der Waals surface area contributed by atoms with E-state index >= 15 is 0 Å². The Morgan fingerprint density at radius 1 is 0.600 bits per heavy atom. The highest BCUT2D eigenvalue weighted by atomic mass is 15.5. The van der Waals surface area contributed by atoms with Crippen LogP contribution in [0.2, 0.25) is 0 Å². The first-order valence-corrected chi connectivity index (χ1v) is 10.1. The molecule has 0 saturated heterocycles. The van der Waals surface area contributed by atoms with E-state index in [0.717, 1.165) is 16.9 Å². The molecule has 1 heterocycles. The normalized spacial score (nSPS) is 11.4. The zero-order valence-corrected chi connectivity index (χ0v) is 16.8. The molecule has 0 bridgehead atoms. The number of aryl methyl sites for hydroxylation is 1. The lowest BCUT2D eigenvalue weighted by atomic mass is 10.0. The van der Waals surface area contributed by atoms with E-state index in [2.05, 4.69) is 84.4 Å². The third kappa shape index (κ3) is 3.20. The van der Waals surface area contributed by atoms with Crippen molar-refractivity contribution < 1.29 is 4.57 Å². The van der Waals surface area contributed by atoms with Crippen molar-refractivity contribution in [2.45, 2.75) is 0 Å². The fourth-order valence-electron chi connectivity index (χ4n) is 3.94. The van der Waals surface area contributed by atoms with Gasteiger partial charge in [-0.1, -0.05) is 60.7 Å². The van der Waals surface area contributed by atoms with Crippen LogP contribution in [0.3, 0.4) is 0 Å². The lowest BCUT2D eigenvalue weighted by Crippen LogP contribution is -2.30. The molecule has 0 saturated carbocycles. The van der Waals surface area contributed by atoms with Gasteiger partial charge in [-0.2, -0.15) is 9.67 Å². The predicted octanol–water partition coefficient (Wildman–Crippen LogP) is 5.99. The molecule has 1 aromatic heterocycles. The summed E-state index contributed by atoms with van der Waals surface area (Å²) in [6.45, 7) is 0. The van der Waals surface area contributed by atoms with E-state index in [-0.39, 0.29) is 0 Å². The highest BCUT2D eigenvalue weighted by molar-refractivity contribution is 6.09. The molecular formula is C27H22N3+. The number of hydrogen-bond donors (Lipinski definition) is 0. The van der Waals surface area contributed by atoms with Crippen molar-refractivity contribution in [3.63, 3.8) is 0 Å². The van der Waals surface area contributed by atoms with Crippen LogP contribution in [-0.2, 0) is 7.05 Å². The van der Waals surface area contributed by atoms with Crippen LogP contribution < -0.4 is 9.58 Å². The van der Waals surface area contributed by atoms with Crippen molar-refractivity contribution in [2.24, 2.45) is 12.1 Å². The molecule has 0 aliphatic heterocycles. The Balaban J connectivity index is 1.72. The van der Waals surface area contributed by atoms with Crippen molar-refractivity contribution in [3.8, 4) is 0 Å². The van der Waals surface area contributed by atoms with Gasteiger partial charge in [-0.15, -0.1) is 0 Å². The first-order valence-electron chi connectivity index (χ1n) is 10.1. The van der Waals surface area contributed by atoms with Crippen LogP contribution >= 0.6 is 0 Å². The van der Waals surface area contributed by atoms with E-state index in [1.165, 1.54) is 21.8 Å². The van der Waals surface area contributed by atoms with Gasteiger partial charge in [0.05, 0.1) is 28.4 Å². The predicted molar refractivity (Wildman–Crippen MR) is 125 cm³/mol. The molecule has 0 atom stereocenters. The second kappa shape index (κ2) is 7.80.